The predicted octanol–water partition coefficient (Wildman–Crippen LogP) is 5.23. The Labute approximate surface area is 194 Å². The average Bonchev–Trinajstić information content (AvgIpc) is 2.65. The van der Waals surface area contributed by atoms with Crippen LogP contribution in [0.5, 0.6) is 0 Å². The zero-order valence-corrected chi connectivity index (χ0v) is 21.4. The monoisotopic (exact) mass is 508 g/mol. The third-order valence-electron chi connectivity index (χ3n) is 5.98. The second-order valence-electron chi connectivity index (χ2n) is 8.82. The fourth-order valence-electron chi connectivity index (χ4n) is 2.78. The maximum atomic E-state index is 13.0. The average molecular weight is 509 g/mol. The predicted molar refractivity (Wildman–Crippen MR) is 125 cm³/mol. The molecule has 1 atom stereocenters. The van der Waals surface area contributed by atoms with Crippen LogP contribution < -0.4 is 0 Å². The number of hydrogen-bond donors (Lipinski definition) is 1. The van der Waals surface area contributed by atoms with E-state index in [0.29, 0.717) is 17.9 Å². The Bertz CT molecular complexity index is 1090. The van der Waals surface area contributed by atoms with Gasteiger partial charge in [-0.05, 0) is 50.8 Å². The van der Waals surface area contributed by atoms with Crippen LogP contribution in [0.2, 0.25) is 0 Å². The van der Waals surface area contributed by atoms with Crippen LogP contribution in [0, 0.1) is 31.1 Å². The molecule has 1 aromatic rings. The summed E-state index contributed by atoms with van der Waals surface area (Å²) in [5, 5.41) is 22.8. The van der Waals surface area contributed by atoms with Crippen molar-refractivity contribution in [3.63, 3.8) is 0 Å². The summed E-state index contributed by atoms with van der Waals surface area (Å²) in [5.74, 6) is 0.452. The molecule has 1 aromatic carbocycles. The van der Waals surface area contributed by atoms with Crippen LogP contribution in [-0.4, -0.2) is 44.5 Å². The minimum Gasteiger partial charge on any atom is -0.281 e. The number of benzene rings is 1. The summed E-state index contributed by atoms with van der Waals surface area (Å²) < 4.78 is 37.8. The lowest BCUT2D eigenvalue weighted by atomic mass is 10.00. The number of allylic oxidation sites excluding steroid dienone is 1. The van der Waals surface area contributed by atoms with Crippen molar-refractivity contribution in [3.8, 4) is 0 Å². The van der Waals surface area contributed by atoms with E-state index >= 15 is 0 Å². The first kappa shape index (κ1) is 28.5. The van der Waals surface area contributed by atoms with Crippen LogP contribution in [0.25, 0.3) is 0 Å². The van der Waals surface area contributed by atoms with Crippen LogP contribution in [0.3, 0.4) is 0 Å². The Hall–Kier alpha value is -2.58. The molecule has 0 spiro atoms. The van der Waals surface area contributed by atoms with Gasteiger partial charge in [-0.25, -0.2) is 0 Å². The molecule has 0 saturated carbocycles. The summed E-state index contributed by atoms with van der Waals surface area (Å²) in [6.45, 7) is 13.5. The van der Waals surface area contributed by atoms with Crippen LogP contribution in [-0.2, 0) is 14.4 Å². The summed E-state index contributed by atoms with van der Waals surface area (Å²) in [5.41, 5.74) is -1.27. The molecule has 1 unspecified atom stereocenters. The van der Waals surface area contributed by atoms with Gasteiger partial charge in [-0.1, -0.05) is 25.0 Å². The fourth-order valence-corrected chi connectivity index (χ4v) is 6.69. The van der Waals surface area contributed by atoms with E-state index in [1.54, 1.807) is 6.26 Å². The summed E-state index contributed by atoms with van der Waals surface area (Å²) >= 11 is 0. The van der Waals surface area contributed by atoms with Gasteiger partial charge in [0.05, 0.1) is 14.8 Å². The molecule has 0 radical (unpaired) electrons. The molecule has 1 rings (SSSR count). The summed E-state index contributed by atoms with van der Waals surface area (Å²) in [7, 11) is -7.60. The molecule has 1 N–H and O–H groups in total. The third kappa shape index (κ3) is 6.06. The van der Waals surface area contributed by atoms with Gasteiger partial charge in [0, 0.05) is 16.8 Å². The minimum absolute atomic E-state index is 0.0501. The van der Waals surface area contributed by atoms with Crippen molar-refractivity contribution in [1.82, 2.24) is 0 Å². The number of nitro groups is 2. The molecule has 0 aliphatic rings. The van der Waals surface area contributed by atoms with E-state index in [-0.39, 0.29) is 10.8 Å². The fraction of sp³-hybridized carbons (Fsp3) is 0.579. The van der Waals surface area contributed by atoms with Gasteiger partial charge in [0.15, 0.2) is 0 Å². The first-order chi connectivity index (χ1) is 14.8. The molecule has 0 fully saturated rings. The van der Waals surface area contributed by atoms with Crippen LogP contribution >= 0.6 is 10.3 Å². The van der Waals surface area contributed by atoms with Crippen molar-refractivity contribution in [2.75, 3.05) is 12.0 Å². The smallest absolute Gasteiger partial charge is 0.281 e. The van der Waals surface area contributed by atoms with E-state index in [9.17, 15) is 38.1 Å². The summed E-state index contributed by atoms with van der Waals surface area (Å²) in [4.78, 5) is 31.8. The van der Waals surface area contributed by atoms with Gasteiger partial charge in [0.1, 0.15) is 12.1 Å². The van der Waals surface area contributed by atoms with E-state index < -0.39 is 57.0 Å². The lowest BCUT2D eigenvalue weighted by Gasteiger charge is -2.46. The number of rotatable bonds is 10. The highest BCUT2D eigenvalue weighted by Gasteiger charge is 2.48. The Morgan fingerprint density at radius 1 is 1.06 bits per heavy atom. The highest BCUT2D eigenvalue weighted by molar-refractivity contribution is 8.30. The molecular formula is C19H30N3O9S2+. The zero-order chi connectivity index (χ0) is 26.1. The first-order valence-electron chi connectivity index (χ1n) is 9.76. The summed E-state index contributed by atoms with van der Waals surface area (Å²) in [6, 6.07) is 1.05. The van der Waals surface area contributed by atoms with Crippen molar-refractivity contribution in [2.45, 2.75) is 58.1 Å². The van der Waals surface area contributed by atoms with Crippen molar-refractivity contribution < 1.29 is 32.0 Å². The summed E-state index contributed by atoms with van der Waals surface area (Å²) in [6.07, 6.45) is 1.78. The maximum absolute atomic E-state index is 13.0. The van der Waals surface area contributed by atoms with E-state index in [1.165, 1.54) is 0 Å². The molecular weight excluding hydrogens is 478 g/mol. The van der Waals surface area contributed by atoms with E-state index in [4.69, 9.17) is 4.28 Å². The highest BCUT2D eigenvalue weighted by atomic mass is 32.3. The standard InChI is InChI=1S/C19H29N3O9S2/c1-12(2)14(5)11-32(8,19(6,7)13(3)4)31-22(27)15-9-16(20(23)24)18(33(28,29)30)17(10-15)21(25)26/h9-10,13H,11H2,1-8H3/p+1. The maximum Gasteiger partial charge on any atom is 0.331 e. The Balaban J connectivity index is 3.76. The normalized spacial score (nSPS) is 14.8. The van der Waals surface area contributed by atoms with Crippen LogP contribution in [0.1, 0.15) is 48.5 Å². The van der Waals surface area contributed by atoms with Crippen molar-refractivity contribution in [1.29, 1.82) is 0 Å². The molecule has 12 nitrogen and oxygen atoms in total. The van der Waals surface area contributed by atoms with Crippen molar-refractivity contribution in [3.05, 3.63) is 48.4 Å². The van der Waals surface area contributed by atoms with Gasteiger partial charge >= 0.3 is 27.2 Å². The van der Waals surface area contributed by atoms with E-state index in [2.05, 4.69) is 0 Å². The van der Waals surface area contributed by atoms with Crippen molar-refractivity contribution >= 4 is 37.5 Å². The molecule has 186 valence electrons. The van der Waals surface area contributed by atoms with Gasteiger partial charge in [0.25, 0.3) is 4.92 Å². The topological polar surface area (TPSA) is 170 Å². The highest BCUT2D eigenvalue weighted by Crippen LogP contribution is 2.61. The number of nitro benzene ring substituents is 2. The Morgan fingerprint density at radius 2 is 1.48 bits per heavy atom. The molecule has 0 bridgehead atoms. The lowest BCUT2D eigenvalue weighted by Crippen LogP contribution is -2.38. The van der Waals surface area contributed by atoms with Gasteiger partial charge in [0.2, 0.25) is 4.90 Å². The number of hydrogen-bond acceptors (Lipinski definition) is 8. The largest absolute Gasteiger partial charge is 0.331 e. The third-order valence-corrected chi connectivity index (χ3v) is 11.1. The van der Waals surface area contributed by atoms with Gasteiger partial charge in [-0.2, -0.15) is 12.7 Å². The molecule has 0 saturated heterocycles. The molecule has 0 aliphatic carbocycles. The van der Waals surface area contributed by atoms with Gasteiger partial charge < -0.3 is 0 Å². The lowest BCUT2D eigenvalue weighted by molar-refractivity contribution is -0.697. The second kappa shape index (κ2) is 9.73. The van der Waals surface area contributed by atoms with Crippen LogP contribution in [0.15, 0.2) is 28.2 Å². The van der Waals surface area contributed by atoms with Gasteiger partial charge in [-0.15, -0.1) is 0 Å². The zero-order valence-electron chi connectivity index (χ0n) is 19.8. The molecule has 0 heterocycles. The molecule has 14 heteroatoms. The molecule has 0 aliphatic heterocycles. The Morgan fingerprint density at radius 3 is 1.79 bits per heavy atom. The SMILES string of the molecule is CC(C)=C(C)CS(C)(O[N+](=O)c1cc([N+](=O)[O-])c(S(=O)(=O)O)c([N+](=O)[O-])c1)C(C)(C)C(C)C. The number of nitrogens with zero attached hydrogens (tertiary/aromatic N) is 3. The van der Waals surface area contributed by atoms with Crippen LogP contribution in [0.4, 0.5) is 17.1 Å². The first-order valence-corrected chi connectivity index (χ1v) is 13.3. The molecule has 0 aromatic heterocycles. The van der Waals surface area contributed by atoms with E-state index in [1.807, 2.05) is 48.5 Å². The minimum atomic E-state index is -5.34. The van der Waals surface area contributed by atoms with E-state index in [0.717, 1.165) is 11.1 Å². The molecule has 0 amide bonds. The van der Waals surface area contributed by atoms with Crippen molar-refractivity contribution in [2.24, 2.45) is 5.92 Å². The Kier molecular flexibility index (Phi) is 8.39. The second-order valence-corrected chi connectivity index (χ2v) is 13.7. The molecule has 33 heavy (non-hydrogen) atoms. The van der Waals surface area contributed by atoms with Gasteiger partial charge in [-0.3, -0.25) is 24.8 Å². The quantitative estimate of drug-likeness (QED) is 0.192.